The quantitative estimate of drug-likeness (QED) is 0.569. The van der Waals surface area contributed by atoms with E-state index in [1.165, 1.54) is 18.3 Å². The molecule has 96 valence electrons. The molecule has 19 heavy (non-hydrogen) atoms. The largest absolute Gasteiger partial charge is 0.508 e. The number of pyridine rings is 1. The Hall–Kier alpha value is -2.89. The molecule has 0 radical (unpaired) electrons. The van der Waals surface area contributed by atoms with Gasteiger partial charge in [-0.15, -0.1) is 0 Å². The molecule has 0 saturated heterocycles. The molecule has 0 bridgehead atoms. The number of phenolic OH excluding ortho intramolecular Hbond substituents is 2. The molecule has 1 aromatic heterocycles. The molecule has 6 heteroatoms. The smallest absolute Gasteiger partial charge is 0.275 e. The number of carbonyl (C=O) groups is 1. The average Bonchev–Trinajstić information content (AvgIpc) is 2.39. The Morgan fingerprint density at radius 1 is 1.32 bits per heavy atom. The van der Waals surface area contributed by atoms with Crippen LogP contribution in [-0.4, -0.2) is 27.3 Å². The molecule has 6 nitrogen and oxygen atoms in total. The second-order valence-electron chi connectivity index (χ2n) is 3.69. The van der Waals surface area contributed by atoms with Gasteiger partial charge in [0.15, 0.2) is 0 Å². The zero-order valence-electron chi connectivity index (χ0n) is 9.82. The topological polar surface area (TPSA) is 94.8 Å². The predicted molar refractivity (Wildman–Crippen MR) is 69.1 cm³/mol. The number of phenols is 2. The van der Waals surface area contributed by atoms with E-state index in [1.807, 2.05) is 0 Å². The minimum Gasteiger partial charge on any atom is -0.508 e. The Morgan fingerprint density at radius 2 is 2.16 bits per heavy atom. The lowest BCUT2D eigenvalue weighted by Crippen LogP contribution is -2.17. The van der Waals surface area contributed by atoms with Crippen molar-refractivity contribution in [3.63, 3.8) is 0 Å². The fourth-order valence-corrected chi connectivity index (χ4v) is 1.39. The van der Waals surface area contributed by atoms with Crippen molar-refractivity contribution in [2.75, 3.05) is 0 Å². The molecule has 3 N–H and O–H groups in total. The minimum absolute atomic E-state index is 0.0288. The molecule has 0 aliphatic heterocycles. The van der Waals surface area contributed by atoms with Crippen molar-refractivity contribution in [2.24, 2.45) is 5.10 Å². The summed E-state index contributed by atoms with van der Waals surface area (Å²) in [5.74, 6) is -1.00. The van der Waals surface area contributed by atoms with Crippen molar-refractivity contribution in [2.45, 2.75) is 0 Å². The van der Waals surface area contributed by atoms with Gasteiger partial charge in [0.2, 0.25) is 0 Å². The van der Waals surface area contributed by atoms with Crippen LogP contribution in [0, 0.1) is 0 Å². The van der Waals surface area contributed by atoms with E-state index in [-0.39, 0.29) is 17.1 Å². The van der Waals surface area contributed by atoms with E-state index in [4.69, 9.17) is 5.11 Å². The first kappa shape index (κ1) is 12.6. The number of hydrogen-bond acceptors (Lipinski definition) is 5. The highest BCUT2D eigenvalue weighted by atomic mass is 16.3. The average molecular weight is 257 g/mol. The molecule has 0 aliphatic carbocycles. The highest BCUT2D eigenvalue weighted by Gasteiger charge is 2.10. The summed E-state index contributed by atoms with van der Waals surface area (Å²) >= 11 is 0. The molecule has 2 aromatic rings. The molecule has 1 heterocycles. The molecule has 0 fully saturated rings. The molecule has 0 aliphatic rings. The number of benzene rings is 1. The first-order chi connectivity index (χ1) is 9.16. The minimum atomic E-state index is -0.572. The third-order valence-electron chi connectivity index (χ3n) is 2.29. The zero-order chi connectivity index (χ0) is 13.7. The van der Waals surface area contributed by atoms with E-state index in [1.54, 1.807) is 24.5 Å². The van der Waals surface area contributed by atoms with Crippen molar-refractivity contribution in [1.29, 1.82) is 0 Å². The highest BCUT2D eigenvalue weighted by Crippen LogP contribution is 2.22. The van der Waals surface area contributed by atoms with Crippen molar-refractivity contribution < 1.29 is 15.0 Å². The van der Waals surface area contributed by atoms with Crippen LogP contribution < -0.4 is 5.43 Å². The monoisotopic (exact) mass is 257 g/mol. The fraction of sp³-hybridized carbons (Fsp3) is 0. The van der Waals surface area contributed by atoms with E-state index in [0.717, 1.165) is 11.6 Å². The van der Waals surface area contributed by atoms with Gasteiger partial charge >= 0.3 is 0 Å². The lowest BCUT2D eigenvalue weighted by atomic mass is 10.2. The summed E-state index contributed by atoms with van der Waals surface area (Å²) in [6.45, 7) is 0. The first-order valence-electron chi connectivity index (χ1n) is 5.42. The number of carbonyl (C=O) groups excluding carboxylic acids is 1. The van der Waals surface area contributed by atoms with E-state index in [2.05, 4.69) is 15.5 Å². The Bertz CT molecular complexity index is 612. The fourth-order valence-electron chi connectivity index (χ4n) is 1.39. The summed E-state index contributed by atoms with van der Waals surface area (Å²) < 4.78 is 0. The van der Waals surface area contributed by atoms with Crippen LogP contribution >= 0.6 is 0 Å². The maximum atomic E-state index is 11.7. The zero-order valence-corrected chi connectivity index (χ0v) is 9.82. The van der Waals surface area contributed by atoms with Gasteiger partial charge in [-0.3, -0.25) is 9.78 Å². The Labute approximate surface area is 109 Å². The molecule has 0 spiro atoms. The summed E-state index contributed by atoms with van der Waals surface area (Å²) in [5.41, 5.74) is 3.03. The number of aromatic hydroxyl groups is 2. The van der Waals surface area contributed by atoms with Crippen LogP contribution in [0.5, 0.6) is 11.5 Å². The summed E-state index contributed by atoms with van der Waals surface area (Å²) in [4.78, 5) is 15.6. The summed E-state index contributed by atoms with van der Waals surface area (Å²) in [6, 6.07) is 7.22. The third-order valence-corrected chi connectivity index (χ3v) is 2.29. The van der Waals surface area contributed by atoms with Crippen LogP contribution in [0.1, 0.15) is 15.9 Å². The van der Waals surface area contributed by atoms with Gasteiger partial charge < -0.3 is 10.2 Å². The number of hydrazone groups is 1. The molecule has 0 saturated carbocycles. The normalized spacial score (nSPS) is 10.5. The second kappa shape index (κ2) is 5.63. The molecule has 0 unspecified atom stereocenters. The Kier molecular flexibility index (Phi) is 3.72. The van der Waals surface area contributed by atoms with E-state index >= 15 is 0 Å². The number of rotatable bonds is 3. The highest BCUT2D eigenvalue weighted by molar-refractivity contribution is 5.97. The van der Waals surface area contributed by atoms with Crippen molar-refractivity contribution >= 4 is 12.1 Å². The lowest BCUT2D eigenvalue weighted by molar-refractivity contribution is 0.0952. The maximum absolute atomic E-state index is 11.7. The molecular weight excluding hydrogens is 246 g/mol. The van der Waals surface area contributed by atoms with E-state index < -0.39 is 5.91 Å². The molecule has 2 rings (SSSR count). The Balaban J connectivity index is 2.04. The van der Waals surface area contributed by atoms with Gasteiger partial charge in [0.1, 0.15) is 11.5 Å². The number of hydrogen-bond donors (Lipinski definition) is 3. The standard InChI is InChI=1S/C13H11N3O3/c17-10-3-4-11(12(18)6-10)13(19)16-15-8-9-2-1-5-14-7-9/h1-8,17-18H,(H,16,19)/b15-8+. The van der Waals surface area contributed by atoms with Crippen LogP contribution in [0.3, 0.4) is 0 Å². The van der Waals surface area contributed by atoms with Gasteiger partial charge in [-0.25, -0.2) is 5.43 Å². The van der Waals surface area contributed by atoms with Crippen LogP contribution in [-0.2, 0) is 0 Å². The van der Waals surface area contributed by atoms with Gasteiger partial charge in [-0.1, -0.05) is 6.07 Å². The van der Waals surface area contributed by atoms with Crippen LogP contribution in [0.4, 0.5) is 0 Å². The van der Waals surface area contributed by atoms with Crippen LogP contribution in [0.15, 0.2) is 47.8 Å². The first-order valence-corrected chi connectivity index (χ1v) is 5.42. The number of nitrogens with one attached hydrogen (secondary N) is 1. The number of nitrogens with zero attached hydrogens (tertiary/aromatic N) is 2. The van der Waals surface area contributed by atoms with Gasteiger partial charge in [0.25, 0.3) is 5.91 Å². The van der Waals surface area contributed by atoms with Crippen LogP contribution in [0.25, 0.3) is 0 Å². The summed E-state index contributed by atoms with van der Waals surface area (Å²) in [5, 5.41) is 22.4. The van der Waals surface area contributed by atoms with Gasteiger partial charge in [0, 0.05) is 24.0 Å². The lowest BCUT2D eigenvalue weighted by Gasteiger charge is -2.03. The molecular formula is C13H11N3O3. The number of amides is 1. The van der Waals surface area contributed by atoms with Gasteiger partial charge in [-0.2, -0.15) is 5.10 Å². The van der Waals surface area contributed by atoms with E-state index in [0.29, 0.717) is 0 Å². The van der Waals surface area contributed by atoms with Crippen LogP contribution in [0.2, 0.25) is 0 Å². The van der Waals surface area contributed by atoms with Gasteiger partial charge in [-0.05, 0) is 18.2 Å². The molecule has 1 amide bonds. The predicted octanol–water partition coefficient (Wildman–Crippen LogP) is 1.26. The SMILES string of the molecule is O=C(N/N=C/c1cccnc1)c1ccc(O)cc1O. The van der Waals surface area contributed by atoms with E-state index in [9.17, 15) is 9.90 Å². The molecule has 1 aromatic carbocycles. The van der Waals surface area contributed by atoms with Crippen molar-refractivity contribution in [1.82, 2.24) is 10.4 Å². The second-order valence-corrected chi connectivity index (χ2v) is 3.69. The van der Waals surface area contributed by atoms with Crippen molar-refractivity contribution in [3.8, 4) is 11.5 Å². The maximum Gasteiger partial charge on any atom is 0.275 e. The third kappa shape index (κ3) is 3.29. The molecule has 0 atom stereocenters. The number of aromatic nitrogens is 1. The summed E-state index contributed by atoms with van der Waals surface area (Å²) in [6.07, 6.45) is 4.65. The van der Waals surface area contributed by atoms with Crippen molar-refractivity contribution in [3.05, 3.63) is 53.9 Å². The summed E-state index contributed by atoms with van der Waals surface area (Å²) in [7, 11) is 0. The Morgan fingerprint density at radius 3 is 2.84 bits per heavy atom. The van der Waals surface area contributed by atoms with Gasteiger partial charge in [0.05, 0.1) is 11.8 Å².